The van der Waals surface area contributed by atoms with Gasteiger partial charge in [-0.1, -0.05) is 0 Å². The first-order valence-electron chi connectivity index (χ1n) is 3.85. The lowest BCUT2D eigenvalue weighted by Crippen LogP contribution is -2.03. The fraction of sp³-hybridized carbons (Fsp3) is 0.125. The van der Waals surface area contributed by atoms with Gasteiger partial charge in [0.25, 0.3) is 5.56 Å². The molecular weight excluding hydrogens is 204 g/mol. The predicted octanol–water partition coefficient (Wildman–Crippen LogP) is 0.612. The van der Waals surface area contributed by atoms with Crippen LogP contribution >= 0.6 is 11.3 Å². The molecule has 0 unspecified atom stereocenters. The molecule has 0 aromatic carbocycles. The molecule has 0 spiro atoms. The Morgan fingerprint density at radius 1 is 1.64 bits per heavy atom. The van der Waals surface area contributed by atoms with E-state index in [-0.39, 0.29) is 12.0 Å². The number of thiophene rings is 1. The number of nitrogens with one attached hydrogen (secondary N) is 1. The summed E-state index contributed by atoms with van der Waals surface area (Å²) in [4.78, 5) is 29.3. The van der Waals surface area contributed by atoms with E-state index in [1.807, 2.05) is 0 Å². The van der Waals surface area contributed by atoms with Gasteiger partial charge in [0.15, 0.2) is 0 Å². The quantitative estimate of drug-likeness (QED) is 0.760. The van der Waals surface area contributed by atoms with Crippen molar-refractivity contribution in [2.45, 2.75) is 6.42 Å². The molecule has 72 valence electrons. The van der Waals surface area contributed by atoms with Gasteiger partial charge in [-0.2, -0.15) is 0 Å². The second kappa shape index (κ2) is 3.22. The SMILES string of the molecule is O=C(O)Cc1cc2c(=O)[nH]cnc2s1. The molecule has 2 heterocycles. The highest BCUT2D eigenvalue weighted by Gasteiger charge is 2.08. The molecule has 2 rings (SSSR count). The third-order valence-corrected chi connectivity index (χ3v) is 2.75. The fourth-order valence-electron chi connectivity index (χ4n) is 1.15. The molecule has 0 saturated carbocycles. The van der Waals surface area contributed by atoms with Crippen LogP contribution in [-0.2, 0) is 11.2 Å². The third kappa shape index (κ3) is 1.51. The Bertz CT molecular complexity index is 543. The zero-order chi connectivity index (χ0) is 10.1. The molecule has 0 fully saturated rings. The van der Waals surface area contributed by atoms with Crippen LogP contribution in [0.15, 0.2) is 17.2 Å². The van der Waals surface area contributed by atoms with Gasteiger partial charge in [0.05, 0.1) is 18.1 Å². The van der Waals surface area contributed by atoms with Crippen LogP contribution < -0.4 is 5.56 Å². The highest BCUT2D eigenvalue weighted by Crippen LogP contribution is 2.20. The van der Waals surface area contributed by atoms with Crippen molar-refractivity contribution in [2.75, 3.05) is 0 Å². The highest BCUT2D eigenvalue weighted by molar-refractivity contribution is 7.18. The lowest BCUT2D eigenvalue weighted by atomic mass is 10.3. The van der Waals surface area contributed by atoms with Crippen LogP contribution in [0, 0.1) is 0 Å². The number of hydrogen-bond acceptors (Lipinski definition) is 4. The van der Waals surface area contributed by atoms with E-state index in [9.17, 15) is 9.59 Å². The molecule has 2 aromatic heterocycles. The van der Waals surface area contributed by atoms with E-state index in [0.29, 0.717) is 15.1 Å². The fourth-order valence-corrected chi connectivity index (χ4v) is 2.14. The van der Waals surface area contributed by atoms with Gasteiger partial charge in [-0.15, -0.1) is 11.3 Å². The van der Waals surface area contributed by atoms with Crippen molar-refractivity contribution in [3.63, 3.8) is 0 Å². The average Bonchev–Trinajstić information content (AvgIpc) is 2.47. The molecule has 0 saturated heterocycles. The minimum Gasteiger partial charge on any atom is -0.481 e. The number of carbonyl (C=O) groups is 1. The molecule has 6 heteroatoms. The van der Waals surface area contributed by atoms with Crippen molar-refractivity contribution in [3.8, 4) is 0 Å². The van der Waals surface area contributed by atoms with Crippen molar-refractivity contribution in [3.05, 3.63) is 27.6 Å². The molecule has 0 atom stereocenters. The molecular formula is C8H6N2O3S. The standard InChI is InChI=1S/C8H6N2O3S/c11-6(12)2-4-1-5-7(13)9-3-10-8(5)14-4/h1,3H,2H2,(H,11,12)(H,9,10,13). The minimum atomic E-state index is -0.909. The maximum atomic E-state index is 11.2. The van der Waals surface area contributed by atoms with Crippen LogP contribution in [0.3, 0.4) is 0 Å². The van der Waals surface area contributed by atoms with E-state index in [4.69, 9.17) is 5.11 Å². The molecule has 0 amide bonds. The number of hydrogen-bond donors (Lipinski definition) is 2. The smallest absolute Gasteiger partial charge is 0.308 e. The Kier molecular flexibility index (Phi) is 2.05. The van der Waals surface area contributed by atoms with Gasteiger partial charge in [-0.05, 0) is 6.07 Å². The molecule has 2 aromatic rings. The van der Waals surface area contributed by atoms with Crippen LogP contribution in [0.25, 0.3) is 10.2 Å². The largest absolute Gasteiger partial charge is 0.481 e. The maximum absolute atomic E-state index is 11.2. The highest BCUT2D eigenvalue weighted by atomic mass is 32.1. The summed E-state index contributed by atoms with van der Waals surface area (Å²) in [5.74, 6) is -0.909. The van der Waals surface area contributed by atoms with E-state index < -0.39 is 5.97 Å². The van der Waals surface area contributed by atoms with Gasteiger partial charge < -0.3 is 10.1 Å². The van der Waals surface area contributed by atoms with Gasteiger partial charge in [0.1, 0.15) is 4.83 Å². The van der Waals surface area contributed by atoms with E-state index in [1.165, 1.54) is 17.7 Å². The lowest BCUT2D eigenvalue weighted by Gasteiger charge is -1.85. The van der Waals surface area contributed by atoms with E-state index >= 15 is 0 Å². The van der Waals surface area contributed by atoms with Gasteiger partial charge in [-0.25, -0.2) is 4.98 Å². The second-order valence-corrected chi connectivity index (χ2v) is 3.85. The molecule has 2 N–H and O–H groups in total. The van der Waals surface area contributed by atoms with E-state index in [1.54, 1.807) is 6.07 Å². The number of nitrogens with zero attached hydrogens (tertiary/aromatic N) is 1. The number of H-pyrrole nitrogens is 1. The first-order chi connectivity index (χ1) is 6.66. The molecule has 5 nitrogen and oxygen atoms in total. The molecule has 0 aliphatic heterocycles. The van der Waals surface area contributed by atoms with Gasteiger partial charge in [0, 0.05) is 4.88 Å². The summed E-state index contributed by atoms with van der Waals surface area (Å²) < 4.78 is 0. The molecule has 0 bridgehead atoms. The number of carboxylic acids is 1. The average molecular weight is 210 g/mol. The Hall–Kier alpha value is -1.69. The number of aliphatic carboxylic acids is 1. The van der Waals surface area contributed by atoms with E-state index in [0.717, 1.165) is 0 Å². The maximum Gasteiger partial charge on any atom is 0.308 e. The Morgan fingerprint density at radius 3 is 3.07 bits per heavy atom. The van der Waals surface area contributed by atoms with Crippen molar-refractivity contribution >= 4 is 27.5 Å². The molecule has 0 aliphatic carbocycles. The zero-order valence-corrected chi connectivity index (χ0v) is 7.80. The summed E-state index contributed by atoms with van der Waals surface area (Å²) in [6.45, 7) is 0. The van der Waals surface area contributed by atoms with Gasteiger partial charge in [0.2, 0.25) is 0 Å². The summed E-state index contributed by atoms with van der Waals surface area (Å²) in [6.07, 6.45) is 1.24. The monoisotopic (exact) mass is 210 g/mol. The third-order valence-electron chi connectivity index (χ3n) is 1.71. The van der Waals surface area contributed by atoms with Gasteiger partial charge in [-0.3, -0.25) is 9.59 Å². The number of aromatic nitrogens is 2. The molecule has 14 heavy (non-hydrogen) atoms. The zero-order valence-electron chi connectivity index (χ0n) is 6.98. The Morgan fingerprint density at radius 2 is 2.43 bits per heavy atom. The van der Waals surface area contributed by atoms with Gasteiger partial charge >= 0.3 is 5.97 Å². The summed E-state index contributed by atoms with van der Waals surface area (Å²) in [7, 11) is 0. The summed E-state index contributed by atoms with van der Waals surface area (Å²) in [6, 6.07) is 1.57. The number of rotatable bonds is 2. The van der Waals surface area contributed by atoms with E-state index in [2.05, 4.69) is 9.97 Å². The summed E-state index contributed by atoms with van der Waals surface area (Å²) in [5.41, 5.74) is -0.233. The first-order valence-corrected chi connectivity index (χ1v) is 4.66. The van der Waals surface area contributed by atoms with Crippen LogP contribution in [0.1, 0.15) is 4.88 Å². The Labute approximate surface area is 82.0 Å². The molecule has 0 aliphatic rings. The molecule has 0 radical (unpaired) electrons. The number of carboxylic acid groups (broad SMARTS) is 1. The second-order valence-electron chi connectivity index (χ2n) is 2.73. The van der Waals surface area contributed by atoms with Crippen LogP contribution in [0.4, 0.5) is 0 Å². The summed E-state index contributed by atoms with van der Waals surface area (Å²) in [5, 5.41) is 9.01. The lowest BCUT2D eigenvalue weighted by molar-refractivity contribution is -0.136. The van der Waals surface area contributed by atoms with Crippen molar-refractivity contribution < 1.29 is 9.90 Å². The van der Waals surface area contributed by atoms with Crippen molar-refractivity contribution in [2.24, 2.45) is 0 Å². The number of aromatic amines is 1. The Balaban J connectivity index is 2.57. The normalized spacial score (nSPS) is 10.6. The summed E-state index contributed by atoms with van der Waals surface area (Å²) >= 11 is 1.23. The van der Waals surface area contributed by atoms with Crippen LogP contribution in [0.2, 0.25) is 0 Å². The topological polar surface area (TPSA) is 83.0 Å². The number of fused-ring (bicyclic) bond motifs is 1. The first kappa shape index (κ1) is 8.89. The predicted molar refractivity (Wildman–Crippen MR) is 51.6 cm³/mol. The van der Waals surface area contributed by atoms with Crippen LogP contribution in [0.5, 0.6) is 0 Å². The van der Waals surface area contributed by atoms with Crippen LogP contribution in [-0.4, -0.2) is 21.0 Å². The minimum absolute atomic E-state index is 0.0690. The van der Waals surface area contributed by atoms with Crippen molar-refractivity contribution in [1.29, 1.82) is 0 Å². The van der Waals surface area contributed by atoms with Crippen molar-refractivity contribution in [1.82, 2.24) is 9.97 Å².